The number of piperidine rings is 1. The first-order valence-electron chi connectivity index (χ1n) is 9.26. The van der Waals surface area contributed by atoms with Crippen molar-refractivity contribution in [1.82, 2.24) is 15.2 Å². The van der Waals surface area contributed by atoms with Gasteiger partial charge in [-0.1, -0.05) is 12.8 Å². The standard InChI is InChI=1S/C18H27N3OS/c22-17(11-13-3-1-2-4-13)21-10-7-15-16(12-21)23-18(20-15)14-5-8-19-9-6-14/h13-14,19H,1-12H2. The molecule has 0 unspecified atom stereocenters. The minimum Gasteiger partial charge on any atom is -0.337 e. The van der Waals surface area contributed by atoms with Gasteiger partial charge in [0.05, 0.1) is 17.2 Å². The lowest BCUT2D eigenvalue weighted by Crippen LogP contribution is -2.36. The summed E-state index contributed by atoms with van der Waals surface area (Å²) in [6, 6.07) is 0. The Bertz CT molecular complexity index is 559. The second-order valence-electron chi connectivity index (χ2n) is 7.37. The minimum atomic E-state index is 0.374. The molecule has 0 bridgehead atoms. The largest absolute Gasteiger partial charge is 0.337 e. The highest BCUT2D eigenvalue weighted by atomic mass is 32.1. The van der Waals surface area contributed by atoms with Gasteiger partial charge in [-0.25, -0.2) is 4.98 Å². The van der Waals surface area contributed by atoms with Gasteiger partial charge in [-0.15, -0.1) is 11.3 Å². The van der Waals surface area contributed by atoms with Crippen LogP contribution in [0.2, 0.25) is 0 Å². The van der Waals surface area contributed by atoms with E-state index in [1.807, 2.05) is 11.3 Å². The molecule has 1 saturated carbocycles. The third-order valence-electron chi connectivity index (χ3n) is 5.73. The van der Waals surface area contributed by atoms with Gasteiger partial charge in [0.15, 0.2) is 0 Å². The molecule has 4 rings (SSSR count). The fraction of sp³-hybridized carbons (Fsp3) is 0.778. The van der Waals surface area contributed by atoms with E-state index in [1.165, 1.54) is 54.1 Å². The molecule has 4 nitrogen and oxygen atoms in total. The number of aromatic nitrogens is 1. The molecular formula is C18H27N3OS. The smallest absolute Gasteiger partial charge is 0.223 e. The molecule has 0 aromatic carbocycles. The molecule has 1 N–H and O–H groups in total. The molecule has 1 aromatic rings. The lowest BCUT2D eigenvalue weighted by Gasteiger charge is -2.27. The Morgan fingerprint density at radius 2 is 2.00 bits per heavy atom. The van der Waals surface area contributed by atoms with Gasteiger partial charge in [-0.2, -0.15) is 0 Å². The molecule has 1 amide bonds. The molecule has 126 valence electrons. The molecule has 2 aliphatic heterocycles. The highest BCUT2D eigenvalue weighted by Crippen LogP contribution is 2.34. The molecule has 3 aliphatic rings. The van der Waals surface area contributed by atoms with Gasteiger partial charge in [0.25, 0.3) is 0 Å². The Morgan fingerprint density at radius 3 is 2.78 bits per heavy atom. The van der Waals surface area contributed by atoms with Crippen LogP contribution in [0.25, 0.3) is 0 Å². The van der Waals surface area contributed by atoms with Crippen molar-refractivity contribution in [2.45, 2.75) is 63.8 Å². The van der Waals surface area contributed by atoms with Gasteiger partial charge in [0, 0.05) is 30.2 Å². The molecule has 1 aromatic heterocycles. The SMILES string of the molecule is O=C(CC1CCCC1)N1CCc2nc(C3CCNCC3)sc2C1. The van der Waals surface area contributed by atoms with E-state index >= 15 is 0 Å². The van der Waals surface area contributed by atoms with E-state index in [1.54, 1.807) is 0 Å². The molecule has 2 fully saturated rings. The number of nitrogens with zero attached hydrogens (tertiary/aromatic N) is 2. The zero-order valence-electron chi connectivity index (χ0n) is 13.9. The molecule has 1 saturated heterocycles. The van der Waals surface area contributed by atoms with E-state index in [9.17, 15) is 4.79 Å². The van der Waals surface area contributed by atoms with Crippen molar-refractivity contribution in [3.8, 4) is 0 Å². The molecule has 1 aliphatic carbocycles. The van der Waals surface area contributed by atoms with Gasteiger partial charge < -0.3 is 10.2 Å². The van der Waals surface area contributed by atoms with Crippen molar-refractivity contribution in [2.75, 3.05) is 19.6 Å². The summed E-state index contributed by atoms with van der Waals surface area (Å²) in [5.41, 5.74) is 1.27. The van der Waals surface area contributed by atoms with Gasteiger partial charge in [0.1, 0.15) is 0 Å². The summed E-state index contributed by atoms with van der Waals surface area (Å²) in [6.45, 7) is 3.90. The van der Waals surface area contributed by atoms with E-state index in [-0.39, 0.29) is 0 Å². The number of fused-ring (bicyclic) bond motifs is 1. The predicted octanol–water partition coefficient (Wildman–Crippen LogP) is 3.08. The molecule has 0 atom stereocenters. The van der Waals surface area contributed by atoms with Crippen LogP contribution in [0.4, 0.5) is 0 Å². The number of hydrogen-bond donors (Lipinski definition) is 1. The van der Waals surface area contributed by atoms with Crippen LogP contribution < -0.4 is 5.32 Å². The van der Waals surface area contributed by atoms with Crippen LogP contribution in [-0.4, -0.2) is 35.4 Å². The summed E-state index contributed by atoms with van der Waals surface area (Å²) in [6.07, 6.45) is 9.28. The van der Waals surface area contributed by atoms with E-state index in [0.717, 1.165) is 39.0 Å². The number of carbonyl (C=O) groups excluding carboxylic acids is 1. The van der Waals surface area contributed by atoms with Crippen molar-refractivity contribution in [2.24, 2.45) is 5.92 Å². The zero-order valence-corrected chi connectivity index (χ0v) is 14.7. The van der Waals surface area contributed by atoms with Crippen LogP contribution in [0.1, 0.15) is 66.4 Å². The van der Waals surface area contributed by atoms with Crippen LogP contribution in [0.15, 0.2) is 0 Å². The number of hydrogen-bond acceptors (Lipinski definition) is 4. The lowest BCUT2D eigenvalue weighted by atomic mass is 9.99. The maximum atomic E-state index is 12.6. The first-order chi connectivity index (χ1) is 11.3. The average molecular weight is 334 g/mol. The summed E-state index contributed by atoms with van der Waals surface area (Å²) in [5.74, 6) is 1.66. The van der Waals surface area contributed by atoms with Crippen LogP contribution >= 0.6 is 11.3 Å². The summed E-state index contributed by atoms with van der Waals surface area (Å²) in [7, 11) is 0. The predicted molar refractivity (Wildman–Crippen MR) is 92.7 cm³/mol. The van der Waals surface area contributed by atoms with Crippen LogP contribution in [0.5, 0.6) is 0 Å². The first kappa shape index (κ1) is 15.6. The summed E-state index contributed by atoms with van der Waals surface area (Å²) in [4.78, 5) is 20.9. The first-order valence-corrected chi connectivity index (χ1v) is 10.1. The number of amides is 1. The quantitative estimate of drug-likeness (QED) is 0.924. The average Bonchev–Trinajstić information content (AvgIpc) is 3.24. The van der Waals surface area contributed by atoms with Crippen LogP contribution in [0, 0.1) is 5.92 Å². The third kappa shape index (κ3) is 3.45. The van der Waals surface area contributed by atoms with Crippen LogP contribution in [-0.2, 0) is 17.8 Å². The maximum Gasteiger partial charge on any atom is 0.223 e. The van der Waals surface area contributed by atoms with Crippen molar-refractivity contribution in [3.63, 3.8) is 0 Å². The summed E-state index contributed by atoms with van der Waals surface area (Å²) in [5, 5.41) is 4.75. The number of nitrogens with one attached hydrogen (secondary N) is 1. The molecule has 23 heavy (non-hydrogen) atoms. The van der Waals surface area contributed by atoms with Crippen LogP contribution in [0.3, 0.4) is 0 Å². The lowest BCUT2D eigenvalue weighted by molar-refractivity contribution is -0.133. The Kier molecular flexibility index (Phi) is 4.67. The third-order valence-corrected chi connectivity index (χ3v) is 6.97. The van der Waals surface area contributed by atoms with E-state index in [0.29, 0.717) is 17.7 Å². The number of rotatable bonds is 3. The Balaban J connectivity index is 1.40. The van der Waals surface area contributed by atoms with Gasteiger partial charge >= 0.3 is 0 Å². The molecule has 0 spiro atoms. The second-order valence-corrected chi connectivity index (χ2v) is 8.48. The Morgan fingerprint density at radius 1 is 1.22 bits per heavy atom. The van der Waals surface area contributed by atoms with Crippen molar-refractivity contribution in [1.29, 1.82) is 0 Å². The molecule has 0 radical (unpaired) electrons. The van der Waals surface area contributed by atoms with Crippen molar-refractivity contribution < 1.29 is 4.79 Å². The summed E-state index contributed by atoms with van der Waals surface area (Å²) >= 11 is 1.87. The topological polar surface area (TPSA) is 45.2 Å². The molecular weight excluding hydrogens is 306 g/mol. The highest BCUT2D eigenvalue weighted by Gasteiger charge is 2.28. The monoisotopic (exact) mass is 333 g/mol. The normalized spacial score (nSPS) is 23.2. The van der Waals surface area contributed by atoms with Crippen molar-refractivity contribution >= 4 is 17.2 Å². The van der Waals surface area contributed by atoms with E-state index in [4.69, 9.17) is 4.98 Å². The number of carbonyl (C=O) groups is 1. The highest BCUT2D eigenvalue weighted by molar-refractivity contribution is 7.11. The maximum absolute atomic E-state index is 12.6. The van der Waals surface area contributed by atoms with Crippen molar-refractivity contribution in [3.05, 3.63) is 15.6 Å². The van der Waals surface area contributed by atoms with E-state index < -0.39 is 0 Å². The summed E-state index contributed by atoms with van der Waals surface area (Å²) < 4.78 is 0. The van der Waals surface area contributed by atoms with E-state index in [2.05, 4.69) is 10.2 Å². The second kappa shape index (κ2) is 6.89. The molecule has 3 heterocycles. The Hall–Kier alpha value is -0.940. The van der Waals surface area contributed by atoms with Gasteiger partial charge in [-0.3, -0.25) is 4.79 Å². The fourth-order valence-corrected chi connectivity index (χ4v) is 5.56. The molecule has 5 heteroatoms. The van der Waals surface area contributed by atoms with Gasteiger partial charge in [0.2, 0.25) is 5.91 Å². The number of thiazole rings is 1. The fourth-order valence-electron chi connectivity index (χ4n) is 4.26. The van der Waals surface area contributed by atoms with Gasteiger partial charge in [-0.05, 0) is 44.7 Å². The zero-order chi connectivity index (χ0) is 15.6. The minimum absolute atomic E-state index is 0.374. The Labute approximate surface area is 142 Å².